The Hall–Kier alpha value is -3.15. The number of aromatic nitrogens is 5. The summed E-state index contributed by atoms with van der Waals surface area (Å²) < 4.78 is 42.0. The second kappa shape index (κ2) is 6.94. The van der Waals surface area contributed by atoms with Gasteiger partial charge in [-0.3, -0.25) is 9.48 Å². The summed E-state index contributed by atoms with van der Waals surface area (Å²) in [7, 11) is 1.36. The molecule has 1 aliphatic heterocycles. The number of aryl methyl sites for hydroxylation is 1. The molecule has 2 N–H and O–H groups in total. The highest BCUT2D eigenvalue weighted by Crippen LogP contribution is 2.40. The molecular weight excluding hydrogens is 413 g/mol. The zero-order valence-corrected chi connectivity index (χ0v) is 16.8. The number of carbonyl (C=O) groups is 1. The van der Waals surface area contributed by atoms with Crippen molar-refractivity contribution in [3.63, 3.8) is 0 Å². The third kappa shape index (κ3) is 3.71. The average molecular weight is 434 g/mol. The Labute approximate surface area is 175 Å². The van der Waals surface area contributed by atoms with Crippen molar-refractivity contribution in [1.29, 1.82) is 0 Å². The second-order valence-electron chi connectivity index (χ2n) is 8.07. The van der Waals surface area contributed by atoms with Crippen molar-refractivity contribution < 1.29 is 18.0 Å². The van der Waals surface area contributed by atoms with E-state index in [1.54, 1.807) is 6.20 Å². The lowest BCUT2D eigenvalue weighted by molar-refractivity contribution is -0.140. The van der Waals surface area contributed by atoms with E-state index < -0.39 is 23.5 Å². The normalized spacial score (nSPS) is 18.4. The molecule has 4 heterocycles. The minimum Gasteiger partial charge on any atom is -0.355 e. The van der Waals surface area contributed by atoms with Crippen molar-refractivity contribution in [1.82, 2.24) is 29.7 Å². The van der Waals surface area contributed by atoms with Crippen LogP contribution in [-0.2, 0) is 13.2 Å². The van der Waals surface area contributed by atoms with Gasteiger partial charge in [-0.15, -0.1) is 0 Å². The first-order valence-electron chi connectivity index (χ1n) is 10.0. The van der Waals surface area contributed by atoms with Gasteiger partial charge in [-0.1, -0.05) is 0 Å². The number of hydrogen-bond acceptors (Lipinski definition) is 6. The Kier molecular flexibility index (Phi) is 4.43. The zero-order chi connectivity index (χ0) is 21.8. The van der Waals surface area contributed by atoms with Gasteiger partial charge >= 0.3 is 6.18 Å². The molecule has 164 valence electrons. The molecule has 0 unspecified atom stereocenters. The number of fused-ring (bicyclic) bond motifs is 1. The third-order valence-corrected chi connectivity index (χ3v) is 5.86. The van der Waals surface area contributed by atoms with Crippen LogP contribution in [0.3, 0.4) is 0 Å². The number of nitrogens with zero attached hydrogens (tertiary/aromatic N) is 6. The predicted molar refractivity (Wildman–Crippen MR) is 106 cm³/mol. The summed E-state index contributed by atoms with van der Waals surface area (Å²) in [5.41, 5.74) is -0.931. The fourth-order valence-electron chi connectivity index (χ4n) is 3.99. The molecule has 1 spiro atoms. The van der Waals surface area contributed by atoms with Crippen molar-refractivity contribution in [3.05, 3.63) is 35.9 Å². The molecule has 1 saturated heterocycles. The first-order chi connectivity index (χ1) is 14.7. The van der Waals surface area contributed by atoms with Crippen LogP contribution in [0.25, 0.3) is 5.65 Å². The molecule has 1 amide bonds. The van der Waals surface area contributed by atoms with Gasteiger partial charge in [0.15, 0.2) is 11.3 Å². The van der Waals surface area contributed by atoms with E-state index in [-0.39, 0.29) is 16.7 Å². The fraction of sp³-hybridized carbons (Fsp3) is 0.474. The van der Waals surface area contributed by atoms with Crippen molar-refractivity contribution >= 4 is 23.1 Å². The van der Waals surface area contributed by atoms with Crippen molar-refractivity contribution in [2.24, 2.45) is 7.05 Å². The van der Waals surface area contributed by atoms with Gasteiger partial charge < -0.3 is 15.5 Å². The van der Waals surface area contributed by atoms with Gasteiger partial charge in [-0.05, 0) is 25.3 Å². The zero-order valence-electron chi connectivity index (χ0n) is 16.8. The Bertz CT molecular complexity index is 1150. The maximum absolute atomic E-state index is 13.2. The van der Waals surface area contributed by atoms with Crippen LogP contribution < -0.4 is 15.5 Å². The average Bonchev–Trinajstić information content (AvgIpc) is 3.27. The van der Waals surface area contributed by atoms with Crippen molar-refractivity contribution in [2.45, 2.75) is 31.0 Å². The van der Waals surface area contributed by atoms with E-state index in [4.69, 9.17) is 0 Å². The van der Waals surface area contributed by atoms with E-state index >= 15 is 0 Å². The highest BCUT2D eigenvalue weighted by Gasteiger charge is 2.43. The topological polar surface area (TPSA) is 92.4 Å². The maximum atomic E-state index is 13.2. The minimum absolute atomic E-state index is 0.0884. The Morgan fingerprint density at radius 2 is 2.06 bits per heavy atom. The summed E-state index contributed by atoms with van der Waals surface area (Å²) in [6, 6.07) is 1.83. The molecular formula is C19H21F3N8O. The summed E-state index contributed by atoms with van der Waals surface area (Å²) >= 11 is 0. The molecule has 31 heavy (non-hydrogen) atoms. The van der Waals surface area contributed by atoms with E-state index in [9.17, 15) is 18.0 Å². The predicted octanol–water partition coefficient (Wildman–Crippen LogP) is 2.07. The molecule has 2 aliphatic rings. The lowest BCUT2D eigenvalue weighted by Gasteiger charge is -2.21. The van der Waals surface area contributed by atoms with Gasteiger partial charge in [0.05, 0.1) is 11.9 Å². The van der Waals surface area contributed by atoms with Gasteiger partial charge in [-0.2, -0.15) is 23.4 Å². The van der Waals surface area contributed by atoms with E-state index in [1.165, 1.54) is 30.6 Å². The smallest absolute Gasteiger partial charge is 0.355 e. The number of amides is 1. The molecule has 0 aromatic carbocycles. The van der Waals surface area contributed by atoms with Crippen LogP contribution in [-0.4, -0.2) is 55.5 Å². The van der Waals surface area contributed by atoms with Gasteiger partial charge in [0.2, 0.25) is 0 Å². The largest absolute Gasteiger partial charge is 0.437 e. The number of rotatable bonds is 3. The molecule has 0 bridgehead atoms. The lowest BCUT2D eigenvalue weighted by atomic mass is 10.2. The molecule has 0 radical (unpaired) electrons. The first-order valence-corrected chi connectivity index (χ1v) is 10.0. The van der Waals surface area contributed by atoms with Crippen LogP contribution >= 0.6 is 0 Å². The summed E-state index contributed by atoms with van der Waals surface area (Å²) in [5, 5.41) is 13.4. The highest BCUT2D eigenvalue weighted by molar-refractivity contribution is 6.08. The first kappa shape index (κ1) is 19.8. The summed E-state index contributed by atoms with van der Waals surface area (Å²) in [6.07, 6.45) is 2.83. The summed E-state index contributed by atoms with van der Waals surface area (Å²) in [4.78, 5) is 19.5. The van der Waals surface area contributed by atoms with Gasteiger partial charge in [-0.25, -0.2) is 9.50 Å². The minimum atomic E-state index is -4.68. The van der Waals surface area contributed by atoms with Crippen LogP contribution in [0.1, 0.15) is 35.3 Å². The van der Waals surface area contributed by atoms with Crippen LogP contribution in [0.5, 0.6) is 0 Å². The molecule has 1 aliphatic carbocycles. The number of nitrogens with one attached hydrogen (secondary N) is 2. The van der Waals surface area contributed by atoms with E-state index in [0.29, 0.717) is 5.82 Å². The Balaban J connectivity index is 1.41. The quantitative estimate of drug-likeness (QED) is 0.656. The van der Waals surface area contributed by atoms with Crippen LogP contribution in [0, 0.1) is 0 Å². The number of anilines is 2. The molecule has 2 fully saturated rings. The van der Waals surface area contributed by atoms with Crippen LogP contribution in [0.2, 0.25) is 0 Å². The van der Waals surface area contributed by atoms with Gasteiger partial charge in [0.25, 0.3) is 5.91 Å². The van der Waals surface area contributed by atoms with E-state index in [2.05, 4.69) is 30.7 Å². The molecule has 0 atom stereocenters. The molecule has 9 nitrogen and oxygen atoms in total. The SMILES string of the molecule is Cn1cc(NC(=O)c2cnn3ccc(N4CCNC5(CC4)CC5)nc23)c(C(F)(F)F)n1. The molecule has 3 aromatic heterocycles. The van der Waals surface area contributed by atoms with Crippen molar-refractivity contribution in [3.8, 4) is 0 Å². The van der Waals surface area contributed by atoms with Crippen LogP contribution in [0.4, 0.5) is 24.7 Å². The standard InChI is InChI=1S/C19H21F3N8O/c1-28-11-13(15(27-28)19(20,21)22)25-17(31)12-10-24-30-7-2-14(26-16(12)30)29-8-5-18(3-4-18)23-6-9-29/h2,7,10-11,23H,3-6,8-9H2,1H3,(H,25,31). The number of halogens is 3. The summed E-state index contributed by atoms with van der Waals surface area (Å²) in [5.74, 6) is -0.0217. The maximum Gasteiger partial charge on any atom is 0.437 e. The molecule has 1 saturated carbocycles. The van der Waals surface area contributed by atoms with Crippen molar-refractivity contribution in [2.75, 3.05) is 29.9 Å². The van der Waals surface area contributed by atoms with Gasteiger partial charge in [0.1, 0.15) is 11.4 Å². The lowest BCUT2D eigenvalue weighted by Crippen LogP contribution is -2.32. The summed E-state index contributed by atoms with van der Waals surface area (Å²) in [6.45, 7) is 2.47. The fourth-order valence-corrected chi connectivity index (χ4v) is 3.99. The third-order valence-electron chi connectivity index (χ3n) is 5.86. The van der Waals surface area contributed by atoms with E-state index in [0.717, 1.165) is 36.9 Å². The van der Waals surface area contributed by atoms with E-state index in [1.807, 2.05) is 6.07 Å². The Morgan fingerprint density at radius 1 is 1.26 bits per heavy atom. The number of hydrogen-bond donors (Lipinski definition) is 2. The number of alkyl halides is 3. The second-order valence-corrected chi connectivity index (χ2v) is 8.07. The molecule has 5 rings (SSSR count). The van der Waals surface area contributed by atoms with Gasteiger partial charge in [0, 0.05) is 44.6 Å². The molecule has 12 heteroatoms. The molecule has 3 aromatic rings. The van der Waals surface area contributed by atoms with Crippen LogP contribution in [0.15, 0.2) is 24.7 Å². The monoisotopic (exact) mass is 434 g/mol. The highest BCUT2D eigenvalue weighted by atomic mass is 19.4. The number of carbonyl (C=O) groups excluding carboxylic acids is 1. The Morgan fingerprint density at radius 3 is 2.81 bits per heavy atom.